The van der Waals surface area contributed by atoms with E-state index in [1.165, 1.54) is 24.3 Å². The summed E-state index contributed by atoms with van der Waals surface area (Å²) in [4.78, 5) is 24.4. The van der Waals surface area contributed by atoms with Crippen molar-refractivity contribution in [2.24, 2.45) is 0 Å². The first kappa shape index (κ1) is 14.9. The molecule has 0 saturated heterocycles. The van der Waals surface area contributed by atoms with E-state index in [1.807, 2.05) is 0 Å². The van der Waals surface area contributed by atoms with E-state index >= 15 is 0 Å². The minimum Gasteiger partial charge on any atom is -0.269 e. The van der Waals surface area contributed by atoms with E-state index in [2.05, 4.69) is 4.13 Å². The summed E-state index contributed by atoms with van der Waals surface area (Å²) in [5.41, 5.74) is -3.98. The second-order valence-electron chi connectivity index (χ2n) is 3.57. The SMILES string of the molecule is O=C1C=CC(=O)N1c1ccc(SNSC(F)(F)F)cc1. The lowest BCUT2D eigenvalue weighted by Gasteiger charge is -2.14. The standard InChI is InChI=1S/C11H7F3N2O2S2/c12-11(13,14)20-15-19-8-3-1-7(2-4-8)16-9(17)5-6-10(16)18/h1-6,15H. The zero-order valence-corrected chi connectivity index (χ0v) is 11.3. The number of imide groups is 1. The monoisotopic (exact) mass is 320 g/mol. The molecule has 4 nitrogen and oxygen atoms in total. The molecule has 1 aromatic rings. The number of hydrogen-bond acceptors (Lipinski definition) is 5. The highest BCUT2D eigenvalue weighted by atomic mass is 32.2. The van der Waals surface area contributed by atoms with Crippen LogP contribution in [0.1, 0.15) is 0 Å². The molecule has 0 saturated carbocycles. The summed E-state index contributed by atoms with van der Waals surface area (Å²) < 4.78 is 37.8. The Kier molecular flexibility index (Phi) is 4.41. The fourth-order valence-corrected chi connectivity index (χ4v) is 2.64. The molecule has 0 spiro atoms. The van der Waals surface area contributed by atoms with Crippen molar-refractivity contribution < 1.29 is 22.8 Å². The molecule has 0 aliphatic carbocycles. The van der Waals surface area contributed by atoms with Crippen molar-refractivity contribution in [3.05, 3.63) is 36.4 Å². The average molecular weight is 320 g/mol. The molecular weight excluding hydrogens is 313 g/mol. The number of anilines is 1. The Bertz CT molecular complexity index is 540. The highest BCUT2D eigenvalue weighted by Gasteiger charge is 2.28. The number of nitrogens with one attached hydrogen (secondary N) is 1. The number of nitrogens with zero attached hydrogens (tertiary/aromatic N) is 1. The maximum atomic E-state index is 11.9. The molecule has 0 unspecified atom stereocenters. The summed E-state index contributed by atoms with van der Waals surface area (Å²) in [5, 5.41) is 0. The Morgan fingerprint density at radius 1 is 1.00 bits per heavy atom. The smallest absolute Gasteiger partial charge is 0.269 e. The third kappa shape index (κ3) is 3.78. The molecular formula is C11H7F3N2O2S2. The van der Waals surface area contributed by atoms with Crippen molar-refractivity contribution in [2.75, 3.05) is 4.90 Å². The second kappa shape index (κ2) is 5.90. The third-order valence-electron chi connectivity index (χ3n) is 2.22. The van der Waals surface area contributed by atoms with Gasteiger partial charge in [0, 0.05) is 29.0 Å². The van der Waals surface area contributed by atoms with Crippen LogP contribution in [0.15, 0.2) is 41.3 Å². The summed E-state index contributed by atoms with van der Waals surface area (Å²) in [6, 6.07) is 6.02. The molecule has 2 rings (SSSR count). The number of carbonyl (C=O) groups excluding carboxylic acids is 2. The van der Waals surface area contributed by atoms with Crippen LogP contribution < -0.4 is 9.03 Å². The first-order chi connectivity index (χ1) is 9.37. The van der Waals surface area contributed by atoms with E-state index in [-0.39, 0.29) is 11.9 Å². The highest BCUT2D eigenvalue weighted by molar-refractivity contribution is 8.13. The van der Waals surface area contributed by atoms with Crippen LogP contribution in [0.5, 0.6) is 0 Å². The summed E-state index contributed by atoms with van der Waals surface area (Å²) in [6.07, 6.45) is 2.32. The Hall–Kier alpha value is -1.45. The number of halogens is 3. The van der Waals surface area contributed by atoms with E-state index in [1.54, 1.807) is 0 Å². The number of hydrogen-bond donors (Lipinski definition) is 1. The Balaban J connectivity index is 1.97. The van der Waals surface area contributed by atoms with Gasteiger partial charge in [0.05, 0.1) is 5.69 Å². The maximum absolute atomic E-state index is 11.9. The minimum absolute atomic E-state index is 0.357. The molecule has 0 radical (unpaired) electrons. The molecule has 0 aromatic heterocycles. The highest BCUT2D eigenvalue weighted by Crippen LogP contribution is 2.31. The Morgan fingerprint density at radius 3 is 2.05 bits per heavy atom. The fourth-order valence-electron chi connectivity index (χ4n) is 1.43. The number of carbonyl (C=O) groups is 2. The van der Waals surface area contributed by atoms with Crippen LogP contribution >= 0.6 is 23.9 Å². The fraction of sp³-hybridized carbons (Fsp3) is 0.0909. The van der Waals surface area contributed by atoms with Crippen LogP contribution in [-0.2, 0) is 9.59 Å². The molecule has 1 heterocycles. The van der Waals surface area contributed by atoms with Crippen LogP contribution in [0.25, 0.3) is 0 Å². The van der Waals surface area contributed by atoms with Crippen LogP contribution in [0.3, 0.4) is 0 Å². The van der Waals surface area contributed by atoms with Crippen molar-refractivity contribution >= 4 is 41.4 Å². The van der Waals surface area contributed by atoms with E-state index in [0.29, 0.717) is 10.6 Å². The van der Waals surface area contributed by atoms with Crippen molar-refractivity contribution in [1.82, 2.24) is 4.13 Å². The first-order valence-electron chi connectivity index (χ1n) is 5.19. The third-order valence-corrected chi connectivity index (χ3v) is 3.63. The van der Waals surface area contributed by atoms with Gasteiger partial charge in [-0.3, -0.25) is 9.59 Å². The van der Waals surface area contributed by atoms with E-state index in [9.17, 15) is 22.8 Å². The summed E-state index contributed by atoms with van der Waals surface area (Å²) in [5.74, 6) is -0.887. The maximum Gasteiger partial charge on any atom is 0.457 e. The van der Waals surface area contributed by atoms with Crippen LogP contribution in [-0.4, -0.2) is 17.3 Å². The quantitative estimate of drug-likeness (QED) is 0.683. The van der Waals surface area contributed by atoms with Gasteiger partial charge in [-0.25, -0.2) is 4.90 Å². The van der Waals surface area contributed by atoms with Gasteiger partial charge < -0.3 is 0 Å². The second-order valence-corrected chi connectivity index (χ2v) is 5.58. The predicted molar refractivity (Wildman–Crippen MR) is 70.7 cm³/mol. The van der Waals surface area contributed by atoms with Crippen LogP contribution in [0, 0.1) is 0 Å². The van der Waals surface area contributed by atoms with Crippen molar-refractivity contribution in [2.45, 2.75) is 10.4 Å². The molecule has 0 fully saturated rings. The minimum atomic E-state index is -4.35. The predicted octanol–water partition coefficient (Wildman–Crippen LogP) is 2.88. The van der Waals surface area contributed by atoms with Crippen molar-refractivity contribution in [1.29, 1.82) is 0 Å². The number of rotatable bonds is 4. The van der Waals surface area contributed by atoms with E-state index in [0.717, 1.165) is 29.0 Å². The molecule has 9 heteroatoms. The van der Waals surface area contributed by atoms with Crippen LogP contribution in [0.4, 0.5) is 18.9 Å². The molecule has 20 heavy (non-hydrogen) atoms. The van der Waals surface area contributed by atoms with E-state index < -0.39 is 17.3 Å². The molecule has 1 aliphatic rings. The topological polar surface area (TPSA) is 49.4 Å². The lowest BCUT2D eigenvalue weighted by molar-refractivity contribution is -0.119. The molecule has 1 aliphatic heterocycles. The first-order valence-corrected chi connectivity index (χ1v) is 6.83. The number of amides is 2. The number of alkyl halides is 3. The van der Waals surface area contributed by atoms with Gasteiger partial charge in [0.15, 0.2) is 0 Å². The largest absolute Gasteiger partial charge is 0.457 e. The van der Waals surface area contributed by atoms with E-state index in [4.69, 9.17) is 0 Å². The summed E-state index contributed by atoms with van der Waals surface area (Å²) in [7, 11) is 0. The van der Waals surface area contributed by atoms with Crippen molar-refractivity contribution in [3.8, 4) is 0 Å². The zero-order chi connectivity index (χ0) is 14.8. The van der Waals surface area contributed by atoms with Crippen molar-refractivity contribution in [3.63, 3.8) is 0 Å². The van der Waals surface area contributed by atoms with Gasteiger partial charge in [0.2, 0.25) is 0 Å². The van der Waals surface area contributed by atoms with Crippen LogP contribution in [0.2, 0.25) is 0 Å². The average Bonchev–Trinajstić information content (AvgIpc) is 2.69. The molecule has 0 atom stereocenters. The Labute approximate surface area is 120 Å². The summed E-state index contributed by atoms with van der Waals surface area (Å²) in [6.45, 7) is 0. The number of benzene rings is 1. The molecule has 106 valence electrons. The lowest BCUT2D eigenvalue weighted by Crippen LogP contribution is -2.29. The summed E-state index contributed by atoms with van der Waals surface area (Å²) >= 11 is 0.432. The molecule has 0 bridgehead atoms. The molecule has 1 N–H and O–H groups in total. The zero-order valence-electron chi connectivity index (χ0n) is 9.68. The molecule has 1 aromatic carbocycles. The van der Waals surface area contributed by atoms with Gasteiger partial charge in [-0.05, 0) is 36.2 Å². The van der Waals surface area contributed by atoms with Gasteiger partial charge in [0.1, 0.15) is 0 Å². The Morgan fingerprint density at radius 2 is 1.55 bits per heavy atom. The van der Waals surface area contributed by atoms with Gasteiger partial charge in [-0.1, -0.05) is 0 Å². The lowest BCUT2D eigenvalue weighted by atomic mass is 10.3. The van der Waals surface area contributed by atoms with Gasteiger partial charge in [0.25, 0.3) is 11.8 Å². The normalized spacial score (nSPS) is 15.2. The van der Waals surface area contributed by atoms with Gasteiger partial charge in [-0.2, -0.15) is 17.3 Å². The van der Waals surface area contributed by atoms with Gasteiger partial charge >= 0.3 is 5.51 Å². The molecule has 2 amide bonds. The van der Waals surface area contributed by atoms with Gasteiger partial charge in [-0.15, -0.1) is 0 Å².